The molecule has 0 aliphatic carbocycles. The van der Waals surface area contributed by atoms with Crippen LogP contribution in [0.1, 0.15) is 46.8 Å². The van der Waals surface area contributed by atoms with E-state index < -0.39 is 16.1 Å². The second kappa shape index (κ2) is 7.70. The number of carbonyl (C=O) groups excluding carboxylic acids is 1. The number of aryl methyl sites for hydroxylation is 1. The van der Waals surface area contributed by atoms with Gasteiger partial charge in [0.2, 0.25) is 0 Å². The van der Waals surface area contributed by atoms with Crippen molar-refractivity contribution < 1.29 is 22.1 Å². The Labute approximate surface area is 148 Å². The van der Waals surface area contributed by atoms with Gasteiger partial charge in [0.15, 0.2) is 0 Å². The Morgan fingerprint density at radius 2 is 1.84 bits per heavy atom. The van der Waals surface area contributed by atoms with E-state index in [-0.39, 0.29) is 11.7 Å². The Hall–Kier alpha value is -2.34. The highest BCUT2D eigenvalue weighted by atomic mass is 32.2. The van der Waals surface area contributed by atoms with Crippen LogP contribution in [0.3, 0.4) is 0 Å². The van der Waals surface area contributed by atoms with Gasteiger partial charge in [-0.3, -0.25) is 0 Å². The van der Waals surface area contributed by atoms with E-state index in [1.165, 1.54) is 13.2 Å². The molecule has 0 heterocycles. The van der Waals surface area contributed by atoms with E-state index in [0.29, 0.717) is 16.9 Å². The van der Waals surface area contributed by atoms with Gasteiger partial charge in [-0.15, -0.1) is 0 Å². The highest BCUT2D eigenvalue weighted by Crippen LogP contribution is 2.24. The molecule has 0 aliphatic rings. The summed E-state index contributed by atoms with van der Waals surface area (Å²) >= 11 is 0. The molecule has 0 N–H and O–H groups in total. The summed E-state index contributed by atoms with van der Waals surface area (Å²) in [6.45, 7) is 5.96. The number of rotatable bonds is 6. The maximum atomic E-state index is 12.4. The van der Waals surface area contributed by atoms with Gasteiger partial charge in [0, 0.05) is 0 Å². The molecular formula is C19H22O5S. The summed E-state index contributed by atoms with van der Waals surface area (Å²) in [4.78, 5) is 11.6. The van der Waals surface area contributed by atoms with Crippen LogP contribution in [0.5, 0.6) is 5.75 Å². The zero-order chi connectivity index (χ0) is 18.6. The topological polar surface area (TPSA) is 69.7 Å². The molecule has 0 aromatic heterocycles. The Morgan fingerprint density at radius 3 is 2.48 bits per heavy atom. The standard InChI is InChI=1S/C19H22O5S/c1-13(2)17-8-14(3)9-18(11-17)24-25(21,22)12-15-6-5-7-16(10-15)19(20)23-4/h5-11,13H,12H2,1-4H3. The molecule has 5 nitrogen and oxygen atoms in total. The number of hydrogen-bond donors (Lipinski definition) is 0. The lowest BCUT2D eigenvalue weighted by molar-refractivity contribution is 0.0600. The Kier molecular flexibility index (Phi) is 5.85. The maximum absolute atomic E-state index is 12.4. The SMILES string of the molecule is COC(=O)c1cccc(CS(=O)(=O)Oc2cc(C)cc(C(C)C)c2)c1. The number of methoxy groups -OCH3 is 1. The van der Waals surface area contributed by atoms with Gasteiger partial charge in [0.05, 0.1) is 12.7 Å². The van der Waals surface area contributed by atoms with Gasteiger partial charge >= 0.3 is 16.1 Å². The lowest BCUT2D eigenvalue weighted by atomic mass is 10.0. The largest absolute Gasteiger partial charge is 0.465 e. The molecule has 2 aromatic carbocycles. The van der Waals surface area contributed by atoms with Crippen LogP contribution >= 0.6 is 0 Å². The highest BCUT2D eigenvalue weighted by Gasteiger charge is 2.17. The molecule has 0 unspecified atom stereocenters. The van der Waals surface area contributed by atoms with Gasteiger partial charge in [-0.1, -0.05) is 32.0 Å². The van der Waals surface area contributed by atoms with E-state index in [0.717, 1.165) is 11.1 Å². The molecule has 0 saturated carbocycles. The minimum atomic E-state index is -3.85. The monoisotopic (exact) mass is 362 g/mol. The fourth-order valence-corrected chi connectivity index (χ4v) is 3.48. The first-order valence-corrected chi connectivity index (χ1v) is 9.49. The van der Waals surface area contributed by atoms with E-state index >= 15 is 0 Å². The summed E-state index contributed by atoms with van der Waals surface area (Å²) in [5.74, 6) is -0.280. The minimum absolute atomic E-state index is 0.265. The third-order valence-electron chi connectivity index (χ3n) is 3.65. The molecule has 0 spiro atoms. The number of carbonyl (C=O) groups is 1. The molecule has 0 aliphatic heterocycles. The quantitative estimate of drug-likeness (QED) is 0.577. The molecule has 2 rings (SSSR count). The number of ether oxygens (including phenoxy) is 1. The van der Waals surface area contributed by atoms with Gasteiger partial charge < -0.3 is 8.92 Å². The summed E-state index contributed by atoms with van der Waals surface area (Å²) < 4.78 is 34.7. The van der Waals surface area contributed by atoms with E-state index in [2.05, 4.69) is 4.74 Å². The van der Waals surface area contributed by atoms with Crippen molar-refractivity contribution in [2.24, 2.45) is 0 Å². The first kappa shape index (κ1) is 19.0. The zero-order valence-corrected chi connectivity index (χ0v) is 15.6. The summed E-state index contributed by atoms with van der Waals surface area (Å²) in [5, 5.41) is 0. The predicted molar refractivity (Wildman–Crippen MR) is 96.3 cm³/mol. The van der Waals surface area contributed by atoms with Crippen LogP contribution in [0.25, 0.3) is 0 Å². The summed E-state index contributed by atoms with van der Waals surface area (Å²) in [5.41, 5.74) is 2.70. The normalized spacial score (nSPS) is 11.4. The third kappa shape index (κ3) is 5.32. The first-order chi connectivity index (χ1) is 11.7. The molecule has 25 heavy (non-hydrogen) atoms. The molecule has 0 amide bonds. The van der Waals surface area contributed by atoms with Crippen LogP contribution in [0.4, 0.5) is 0 Å². The number of esters is 1. The minimum Gasteiger partial charge on any atom is -0.465 e. The summed E-state index contributed by atoms with van der Waals surface area (Å²) in [6, 6.07) is 11.7. The predicted octanol–water partition coefficient (Wildman–Crippen LogP) is 3.81. The van der Waals surface area contributed by atoms with Crippen molar-refractivity contribution in [3.63, 3.8) is 0 Å². The van der Waals surface area contributed by atoms with Crippen LogP contribution in [-0.4, -0.2) is 21.5 Å². The molecule has 0 atom stereocenters. The average Bonchev–Trinajstić information content (AvgIpc) is 2.52. The van der Waals surface area contributed by atoms with Gasteiger partial charge in [0.25, 0.3) is 0 Å². The van der Waals surface area contributed by atoms with Crippen molar-refractivity contribution in [3.05, 3.63) is 64.7 Å². The second-order valence-corrected chi connectivity index (χ2v) is 7.78. The van der Waals surface area contributed by atoms with Gasteiger partial charge in [-0.2, -0.15) is 8.42 Å². The molecule has 2 aromatic rings. The van der Waals surface area contributed by atoms with Gasteiger partial charge in [-0.25, -0.2) is 4.79 Å². The Morgan fingerprint density at radius 1 is 1.12 bits per heavy atom. The van der Waals surface area contributed by atoms with Crippen molar-refractivity contribution in [1.82, 2.24) is 0 Å². The van der Waals surface area contributed by atoms with Crippen molar-refractivity contribution in [3.8, 4) is 5.75 Å². The Balaban J connectivity index is 2.22. The molecule has 0 radical (unpaired) electrons. The average molecular weight is 362 g/mol. The maximum Gasteiger partial charge on any atom is 0.337 e. The summed E-state index contributed by atoms with van der Waals surface area (Å²) in [6.07, 6.45) is 0. The van der Waals surface area contributed by atoms with Crippen molar-refractivity contribution in [2.45, 2.75) is 32.4 Å². The second-order valence-electron chi connectivity index (χ2n) is 6.21. The zero-order valence-electron chi connectivity index (χ0n) is 14.8. The lowest BCUT2D eigenvalue weighted by Gasteiger charge is -2.12. The van der Waals surface area contributed by atoms with E-state index in [1.54, 1.807) is 30.3 Å². The number of benzene rings is 2. The van der Waals surface area contributed by atoms with E-state index in [9.17, 15) is 13.2 Å². The Bertz CT molecular complexity index is 869. The molecule has 0 fully saturated rings. The third-order valence-corrected chi connectivity index (χ3v) is 4.79. The van der Waals surface area contributed by atoms with Crippen LogP contribution in [0, 0.1) is 6.92 Å². The fraction of sp³-hybridized carbons (Fsp3) is 0.316. The molecule has 0 bridgehead atoms. The highest BCUT2D eigenvalue weighted by molar-refractivity contribution is 7.86. The molecular weight excluding hydrogens is 340 g/mol. The van der Waals surface area contributed by atoms with E-state index in [1.807, 2.05) is 26.8 Å². The molecule has 134 valence electrons. The first-order valence-electron chi connectivity index (χ1n) is 7.91. The lowest BCUT2D eigenvalue weighted by Crippen LogP contribution is -2.13. The van der Waals surface area contributed by atoms with Gasteiger partial charge in [-0.05, 0) is 53.8 Å². The van der Waals surface area contributed by atoms with Crippen LogP contribution in [0.2, 0.25) is 0 Å². The fourth-order valence-electron chi connectivity index (χ4n) is 2.44. The number of hydrogen-bond acceptors (Lipinski definition) is 5. The van der Waals surface area contributed by atoms with Gasteiger partial charge in [0.1, 0.15) is 11.5 Å². The van der Waals surface area contributed by atoms with Crippen molar-refractivity contribution in [1.29, 1.82) is 0 Å². The van der Waals surface area contributed by atoms with Crippen molar-refractivity contribution in [2.75, 3.05) is 7.11 Å². The van der Waals surface area contributed by atoms with E-state index in [4.69, 9.17) is 4.18 Å². The van der Waals surface area contributed by atoms with Crippen LogP contribution < -0.4 is 4.18 Å². The van der Waals surface area contributed by atoms with Crippen LogP contribution in [0.15, 0.2) is 42.5 Å². The van der Waals surface area contributed by atoms with Crippen molar-refractivity contribution >= 4 is 16.1 Å². The smallest absolute Gasteiger partial charge is 0.337 e. The molecule has 6 heteroatoms. The summed E-state index contributed by atoms with van der Waals surface area (Å²) in [7, 11) is -2.57. The molecule has 0 saturated heterocycles. The van der Waals surface area contributed by atoms with Crippen LogP contribution in [-0.2, 0) is 20.6 Å².